The van der Waals surface area contributed by atoms with Gasteiger partial charge >= 0.3 is 0 Å². The Balaban J connectivity index is 2.13. The van der Waals surface area contributed by atoms with Crippen molar-refractivity contribution in [2.45, 2.75) is 11.3 Å². The third kappa shape index (κ3) is 3.43. The molecule has 4 heteroatoms. The first kappa shape index (κ1) is 13.3. The molecule has 0 fully saturated rings. The quantitative estimate of drug-likeness (QED) is 0.863. The molecule has 2 rings (SSSR count). The van der Waals surface area contributed by atoms with Crippen molar-refractivity contribution in [3.05, 3.63) is 64.6 Å². The highest BCUT2D eigenvalue weighted by Crippen LogP contribution is 2.18. The molecule has 2 aromatic rings. The highest BCUT2D eigenvalue weighted by Gasteiger charge is 2.14. The first-order chi connectivity index (χ1) is 8.58. The van der Waals surface area contributed by atoms with Crippen molar-refractivity contribution in [2.24, 2.45) is 0 Å². The fourth-order valence-electron chi connectivity index (χ4n) is 1.68. The molecule has 2 nitrogen and oxygen atoms in total. The van der Waals surface area contributed by atoms with Gasteiger partial charge < -0.3 is 0 Å². The van der Waals surface area contributed by atoms with E-state index >= 15 is 0 Å². The molecule has 0 bridgehead atoms. The minimum Gasteiger partial charge on any atom is -0.224 e. The van der Waals surface area contributed by atoms with E-state index in [9.17, 15) is 8.42 Å². The molecule has 0 radical (unpaired) electrons. The second-order valence-corrected chi connectivity index (χ2v) is 7.04. The minimum absolute atomic E-state index is 0.132. The van der Waals surface area contributed by atoms with Crippen molar-refractivity contribution in [1.29, 1.82) is 0 Å². The fourth-order valence-corrected chi connectivity index (χ4v) is 3.56. The summed E-state index contributed by atoms with van der Waals surface area (Å²) in [5, 5.41) is 0. The van der Waals surface area contributed by atoms with Crippen LogP contribution in [0.3, 0.4) is 0 Å². The molecule has 0 aliphatic heterocycles. The van der Waals surface area contributed by atoms with Crippen LogP contribution >= 0.6 is 15.9 Å². The molecule has 0 aliphatic carbocycles. The van der Waals surface area contributed by atoms with Crippen LogP contribution in [0, 0.1) is 0 Å². The lowest BCUT2D eigenvalue weighted by Gasteiger charge is -2.05. The van der Waals surface area contributed by atoms with Crippen LogP contribution in [0.15, 0.2) is 64.0 Å². The Hall–Kier alpha value is -1.13. The molecule has 0 saturated heterocycles. The van der Waals surface area contributed by atoms with E-state index in [1.165, 1.54) is 0 Å². The summed E-state index contributed by atoms with van der Waals surface area (Å²) >= 11 is 3.29. The third-order valence-electron chi connectivity index (χ3n) is 2.66. The molecule has 0 aromatic heterocycles. The lowest BCUT2D eigenvalue weighted by molar-refractivity contribution is 0.595. The molecule has 18 heavy (non-hydrogen) atoms. The molecule has 0 heterocycles. The number of hydrogen-bond donors (Lipinski definition) is 0. The van der Waals surface area contributed by atoms with Gasteiger partial charge in [0.1, 0.15) is 0 Å². The van der Waals surface area contributed by atoms with Gasteiger partial charge in [0.05, 0.1) is 10.6 Å². The molecule has 0 aliphatic rings. The predicted octanol–water partition coefficient (Wildman–Crippen LogP) is 3.47. The van der Waals surface area contributed by atoms with Crippen LogP contribution in [0.5, 0.6) is 0 Å². The SMILES string of the molecule is O=S(=O)(CCc1ccccc1)c1cccc(Br)c1. The Morgan fingerprint density at radius 3 is 2.33 bits per heavy atom. The zero-order chi connectivity index (χ0) is 13.0. The number of halogens is 1. The number of sulfone groups is 1. The Kier molecular flexibility index (Phi) is 4.19. The first-order valence-electron chi connectivity index (χ1n) is 5.60. The lowest BCUT2D eigenvalue weighted by atomic mass is 10.2. The van der Waals surface area contributed by atoms with E-state index in [0.717, 1.165) is 10.0 Å². The van der Waals surface area contributed by atoms with Gasteiger partial charge in [0.15, 0.2) is 9.84 Å². The number of benzene rings is 2. The van der Waals surface area contributed by atoms with E-state index in [-0.39, 0.29) is 5.75 Å². The zero-order valence-electron chi connectivity index (χ0n) is 9.71. The van der Waals surface area contributed by atoms with E-state index in [2.05, 4.69) is 15.9 Å². The molecule has 0 saturated carbocycles. The van der Waals surface area contributed by atoms with Gasteiger partial charge in [0.2, 0.25) is 0 Å². The summed E-state index contributed by atoms with van der Waals surface area (Å²) in [6.45, 7) is 0. The maximum absolute atomic E-state index is 12.1. The van der Waals surface area contributed by atoms with Crippen LogP contribution < -0.4 is 0 Å². The molecular weight excluding hydrogens is 312 g/mol. The van der Waals surface area contributed by atoms with Gasteiger partial charge in [0, 0.05) is 4.47 Å². The molecule has 0 spiro atoms. The Labute approximate surface area is 116 Å². The van der Waals surface area contributed by atoms with E-state index in [0.29, 0.717) is 11.3 Å². The topological polar surface area (TPSA) is 34.1 Å². The molecule has 94 valence electrons. The van der Waals surface area contributed by atoms with Gasteiger partial charge in [-0.3, -0.25) is 0 Å². The van der Waals surface area contributed by atoms with Crippen LogP contribution in [0.25, 0.3) is 0 Å². The van der Waals surface area contributed by atoms with E-state index in [1.807, 2.05) is 36.4 Å². The third-order valence-corrected chi connectivity index (χ3v) is 4.86. The van der Waals surface area contributed by atoms with Crippen LogP contribution in [-0.2, 0) is 16.3 Å². The Morgan fingerprint density at radius 2 is 1.67 bits per heavy atom. The van der Waals surface area contributed by atoms with E-state index in [4.69, 9.17) is 0 Å². The minimum atomic E-state index is -3.21. The van der Waals surface area contributed by atoms with Crippen LogP contribution in [0.2, 0.25) is 0 Å². The van der Waals surface area contributed by atoms with Crippen molar-refractivity contribution in [3.8, 4) is 0 Å². The van der Waals surface area contributed by atoms with E-state index in [1.54, 1.807) is 18.2 Å². The molecular formula is C14H13BrO2S. The summed E-state index contributed by atoms with van der Waals surface area (Å²) in [6.07, 6.45) is 0.537. The number of aryl methyl sites for hydroxylation is 1. The predicted molar refractivity (Wildman–Crippen MR) is 76.3 cm³/mol. The van der Waals surface area contributed by atoms with Crippen molar-refractivity contribution < 1.29 is 8.42 Å². The van der Waals surface area contributed by atoms with Crippen molar-refractivity contribution >= 4 is 25.8 Å². The van der Waals surface area contributed by atoms with Gasteiger partial charge in [-0.2, -0.15) is 0 Å². The summed E-state index contributed by atoms with van der Waals surface area (Å²) in [5.74, 6) is 0.132. The van der Waals surface area contributed by atoms with Gasteiger partial charge in [-0.1, -0.05) is 52.3 Å². The Morgan fingerprint density at radius 1 is 0.944 bits per heavy atom. The van der Waals surface area contributed by atoms with Crippen LogP contribution in [-0.4, -0.2) is 14.2 Å². The standard InChI is InChI=1S/C14H13BrO2S/c15-13-7-4-8-14(11-13)18(16,17)10-9-12-5-2-1-3-6-12/h1-8,11H,9-10H2. The number of rotatable bonds is 4. The van der Waals surface area contributed by atoms with Crippen molar-refractivity contribution in [1.82, 2.24) is 0 Å². The average molecular weight is 325 g/mol. The summed E-state index contributed by atoms with van der Waals surface area (Å²) in [6, 6.07) is 16.5. The zero-order valence-corrected chi connectivity index (χ0v) is 12.1. The normalized spacial score (nSPS) is 11.4. The van der Waals surface area contributed by atoms with Crippen LogP contribution in [0.1, 0.15) is 5.56 Å². The summed E-state index contributed by atoms with van der Waals surface area (Å²) < 4.78 is 25.1. The molecule has 2 aromatic carbocycles. The molecule has 0 amide bonds. The van der Waals surface area contributed by atoms with Crippen molar-refractivity contribution in [3.63, 3.8) is 0 Å². The van der Waals surface area contributed by atoms with Gasteiger partial charge in [0.25, 0.3) is 0 Å². The summed E-state index contributed by atoms with van der Waals surface area (Å²) in [4.78, 5) is 0.368. The highest BCUT2D eigenvalue weighted by molar-refractivity contribution is 9.10. The number of hydrogen-bond acceptors (Lipinski definition) is 2. The van der Waals surface area contributed by atoms with Crippen LogP contribution in [0.4, 0.5) is 0 Å². The summed E-state index contributed by atoms with van der Waals surface area (Å²) in [5.41, 5.74) is 1.04. The Bertz CT molecular complexity index is 621. The molecule has 0 atom stereocenters. The van der Waals surface area contributed by atoms with Gasteiger partial charge in [-0.15, -0.1) is 0 Å². The maximum atomic E-state index is 12.1. The second-order valence-electron chi connectivity index (χ2n) is 4.01. The van der Waals surface area contributed by atoms with Gasteiger partial charge in [-0.25, -0.2) is 8.42 Å². The second kappa shape index (κ2) is 5.67. The smallest absolute Gasteiger partial charge is 0.178 e. The highest BCUT2D eigenvalue weighted by atomic mass is 79.9. The molecule has 0 unspecified atom stereocenters. The van der Waals surface area contributed by atoms with Gasteiger partial charge in [-0.05, 0) is 30.2 Å². The van der Waals surface area contributed by atoms with Crippen molar-refractivity contribution in [2.75, 3.05) is 5.75 Å². The van der Waals surface area contributed by atoms with E-state index < -0.39 is 9.84 Å². The first-order valence-corrected chi connectivity index (χ1v) is 8.05. The largest absolute Gasteiger partial charge is 0.224 e. The summed E-state index contributed by atoms with van der Waals surface area (Å²) in [7, 11) is -3.21. The lowest BCUT2D eigenvalue weighted by Crippen LogP contribution is -2.09. The fraction of sp³-hybridized carbons (Fsp3) is 0.143. The maximum Gasteiger partial charge on any atom is 0.178 e. The molecule has 0 N–H and O–H groups in total. The average Bonchev–Trinajstić information content (AvgIpc) is 2.38. The monoisotopic (exact) mass is 324 g/mol.